The molecule has 1 unspecified atom stereocenters. The third kappa shape index (κ3) is 2.05. The molecule has 1 spiro atoms. The molecule has 2 aliphatic heterocycles. The minimum atomic E-state index is 0.485. The van der Waals surface area contributed by atoms with Gasteiger partial charge in [0.05, 0.1) is 7.11 Å². The molecule has 0 aliphatic carbocycles. The fourth-order valence-electron chi connectivity index (χ4n) is 3.16. The minimum Gasteiger partial charge on any atom is -0.481 e. The van der Waals surface area contributed by atoms with E-state index in [1.54, 1.807) is 7.11 Å². The average Bonchev–Trinajstić information content (AvgIpc) is 3.00. The van der Waals surface area contributed by atoms with Gasteiger partial charge in [-0.3, -0.25) is 0 Å². The zero-order valence-electron chi connectivity index (χ0n) is 11.2. The summed E-state index contributed by atoms with van der Waals surface area (Å²) >= 11 is 0. The van der Waals surface area contributed by atoms with E-state index in [1.807, 2.05) is 6.07 Å². The predicted octanol–water partition coefficient (Wildman–Crippen LogP) is 1.59. The van der Waals surface area contributed by atoms with E-state index < -0.39 is 0 Å². The van der Waals surface area contributed by atoms with Crippen LogP contribution in [0.2, 0.25) is 0 Å². The van der Waals surface area contributed by atoms with Crippen molar-refractivity contribution < 1.29 is 4.74 Å². The molecular formula is C14H21N3O. The van der Waals surface area contributed by atoms with Crippen LogP contribution in [0.5, 0.6) is 5.88 Å². The monoisotopic (exact) mass is 247 g/mol. The van der Waals surface area contributed by atoms with Crippen molar-refractivity contribution in [2.45, 2.75) is 19.8 Å². The van der Waals surface area contributed by atoms with E-state index in [4.69, 9.17) is 4.74 Å². The van der Waals surface area contributed by atoms with Crippen LogP contribution >= 0.6 is 0 Å². The van der Waals surface area contributed by atoms with Gasteiger partial charge < -0.3 is 15.0 Å². The van der Waals surface area contributed by atoms with Crippen molar-refractivity contribution in [2.24, 2.45) is 5.41 Å². The Morgan fingerprint density at radius 2 is 2.28 bits per heavy atom. The summed E-state index contributed by atoms with van der Waals surface area (Å²) in [5.74, 6) is 1.78. The Kier molecular flexibility index (Phi) is 2.90. The van der Waals surface area contributed by atoms with Crippen LogP contribution in [-0.2, 0) is 0 Å². The Labute approximate surface area is 108 Å². The van der Waals surface area contributed by atoms with Crippen LogP contribution < -0.4 is 15.0 Å². The van der Waals surface area contributed by atoms with Crippen molar-refractivity contribution in [3.05, 3.63) is 17.7 Å². The van der Waals surface area contributed by atoms with Crippen LogP contribution in [0.1, 0.15) is 18.4 Å². The standard InChI is InChI=1S/C14H21N3O/c1-11-7-12(16-13(8-11)18-2)17-6-4-14(10-17)3-5-15-9-14/h7-8,15H,3-6,9-10H2,1-2H3. The lowest BCUT2D eigenvalue weighted by Crippen LogP contribution is -2.29. The second-order valence-electron chi connectivity index (χ2n) is 5.64. The fourth-order valence-corrected chi connectivity index (χ4v) is 3.16. The van der Waals surface area contributed by atoms with Gasteiger partial charge in [-0.1, -0.05) is 0 Å². The van der Waals surface area contributed by atoms with Gasteiger partial charge >= 0.3 is 0 Å². The van der Waals surface area contributed by atoms with E-state index in [2.05, 4.69) is 28.2 Å². The summed E-state index contributed by atoms with van der Waals surface area (Å²) < 4.78 is 5.26. The Hall–Kier alpha value is -1.29. The Morgan fingerprint density at radius 3 is 3.00 bits per heavy atom. The van der Waals surface area contributed by atoms with E-state index in [0.717, 1.165) is 31.3 Å². The van der Waals surface area contributed by atoms with Gasteiger partial charge in [0, 0.05) is 31.1 Å². The van der Waals surface area contributed by atoms with Gasteiger partial charge in [0.15, 0.2) is 0 Å². The molecule has 1 N–H and O–H groups in total. The number of aryl methyl sites for hydroxylation is 1. The quantitative estimate of drug-likeness (QED) is 0.861. The van der Waals surface area contributed by atoms with Gasteiger partial charge in [0.1, 0.15) is 5.82 Å². The average molecular weight is 247 g/mol. The summed E-state index contributed by atoms with van der Waals surface area (Å²) in [5, 5.41) is 3.49. The molecule has 4 nitrogen and oxygen atoms in total. The lowest BCUT2D eigenvalue weighted by Gasteiger charge is -2.23. The molecule has 2 saturated heterocycles. The molecule has 18 heavy (non-hydrogen) atoms. The second kappa shape index (κ2) is 4.43. The summed E-state index contributed by atoms with van der Waals surface area (Å²) in [6.45, 7) is 6.66. The molecule has 4 heteroatoms. The number of rotatable bonds is 2. The zero-order valence-corrected chi connectivity index (χ0v) is 11.2. The minimum absolute atomic E-state index is 0.485. The number of ether oxygens (including phenoxy) is 1. The molecule has 0 saturated carbocycles. The number of hydrogen-bond donors (Lipinski definition) is 1. The first-order chi connectivity index (χ1) is 8.71. The molecular weight excluding hydrogens is 226 g/mol. The third-order valence-electron chi connectivity index (χ3n) is 4.24. The number of pyridine rings is 1. The molecule has 0 radical (unpaired) electrons. The molecule has 2 aliphatic rings. The molecule has 0 bridgehead atoms. The van der Waals surface area contributed by atoms with Gasteiger partial charge in [0.2, 0.25) is 5.88 Å². The predicted molar refractivity (Wildman–Crippen MR) is 72.3 cm³/mol. The summed E-state index contributed by atoms with van der Waals surface area (Å²) in [4.78, 5) is 6.98. The first-order valence-electron chi connectivity index (χ1n) is 6.69. The topological polar surface area (TPSA) is 37.4 Å². The summed E-state index contributed by atoms with van der Waals surface area (Å²) in [7, 11) is 1.68. The first-order valence-corrected chi connectivity index (χ1v) is 6.69. The first kappa shape index (κ1) is 11.8. The Balaban J connectivity index is 1.81. The van der Waals surface area contributed by atoms with E-state index in [-0.39, 0.29) is 0 Å². The third-order valence-corrected chi connectivity index (χ3v) is 4.24. The smallest absolute Gasteiger partial charge is 0.215 e. The van der Waals surface area contributed by atoms with E-state index >= 15 is 0 Å². The number of anilines is 1. The molecule has 3 rings (SSSR count). The van der Waals surface area contributed by atoms with Gasteiger partial charge in [-0.25, -0.2) is 0 Å². The van der Waals surface area contributed by atoms with Crippen LogP contribution in [0.25, 0.3) is 0 Å². The zero-order chi connectivity index (χ0) is 12.6. The van der Waals surface area contributed by atoms with Gasteiger partial charge in [-0.05, 0) is 37.9 Å². The van der Waals surface area contributed by atoms with E-state index in [9.17, 15) is 0 Å². The van der Waals surface area contributed by atoms with Crippen molar-refractivity contribution in [3.63, 3.8) is 0 Å². The number of hydrogen-bond acceptors (Lipinski definition) is 4. The molecule has 1 atom stereocenters. The Bertz CT molecular complexity index is 441. The molecule has 1 aromatic rings. The van der Waals surface area contributed by atoms with Gasteiger partial charge in [-0.2, -0.15) is 4.98 Å². The number of nitrogens with one attached hydrogen (secondary N) is 1. The SMILES string of the molecule is COc1cc(C)cc(N2CCC3(CCNC3)C2)n1. The lowest BCUT2D eigenvalue weighted by molar-refractivity contribution is 0.368. The highest BCUT2D eigenvalue weighted by Crippen LogP contribution is 2.38. The van der Waals surface area contributed by atoms with Crippen LogP contribution in [0.15, 0.2) is 12.1 Å². The maximum Gasteiger partial charge on any atom is 0.215 e. The maximum atomic E-state index is 5.26. The van der Waals surface area contributed by atoms with Gasteiger partial charge in [0.25, 0.3) is 0 Å². The number of nitrogens with zero attached hydrogens (tertiary/aromatic N) is 2. The largest absolute Gasteiger partial charge is 0.481 e. The normalized spacial score (nSPS) is 27.1. The lowest BCUT2D eigenvalue weighted by atomic mass is 9.87. The molecule has 98 valence electrons. The Morgan fingerprint density at radius 1 is 1.39 bits per heavy atom. The fraction of sp³-hybridized carbons (Fsp3) is 0.643. The number of aromatic nitrogens is 1. The van der Waals surface area contributed by atoms with E-state index in [0.29, 0.717) is 5.41 Å². The van der Waals surface area contributed by atoms with Crippen molar-refractivity contribution in [3.8, 4) is 5.88 Å². The summed E-state index contributed by atoms with van der Waals surface area (Å²) in [6, 6.07) is 4.14. The van der Waals surface area contributed by atoms with Crippen LogP contribution in [-0.4, -0.2) is 38.3 Å². The highest BCUT2D eigenvalue weighted by atomic mass is 16.5. The number of methoxy groups -OCH3 is 1. The van der Waals surface area contributed by atoms with Crippen LogP contribution in [0.3, 0.4) is 0 Å². The van der Waals surface area contributed by atoms with E-state index in [1.165, 1.54) is 24.9 Å². The summed E-state index contributed by atoms with van der Waals surface area (Å²) in [5.41, 5.74) is 1.70. The molecule has 1 aromatic heterocycles. The highest BCUT2D eigenvalue weighted by molar-refractivity contribution is 5.45. The molecule has 0 aromatic carbocycles. The van der Waals surface area contributed by atoms with Crippen molar-refractivity contribution in [1.82, 2.24) is 10.3 Å². The molecule has 2 fully saturated rings. The maximum absolute atomic E-state index is 5.26. The van der Waals surface area contributed by atoms with Gasteiger partial charge in [-0.15, -0.1) is 0 Å². The molecule has 3 heterocycles. The highest BCUT2D eigenvalue weighted by Gasteiger charge is 2.40. The summed E-state index contributed by atoms with van der Waals surface area (Å²) in [6.07, 6.45) is 2.57. The second-order valence-corrected chi connectivity index (χ2v) is 5.64. The van der Waals surface area contributed by atoms with Crippen LogP contribution in [0, 0.1) is 12.3 Å². The van der Waals surface area contributed by atoms with Crippen molar-refractivity contribution >= 4 is 5.82 Å². The van der Waals surface area contributed by atoms with Crippen molar-refractivity contribution in [2.75, 3.05) is 38.2 Å². The molecule has 0 amide bonds. The van der Waals surface area contributed by atoms with Crippen LogP contribution in [0.4, 0.5) is 5.82 Å². The van der Waals surface area contributed by atoms with Crippen molar-refractivity contribution in [1.29, 1.82) is 0 Å².